The molecular weight excluding hydrogens is 280 g/mol. The molecule has 0 aromatic carbocycles. The lowest BCUT2D eigenvalue weighted by molar-refractivity contribution is -0.145. The zero-order valence-electron chi connectivity index (χ0n) is 11.9. The van der Waals surface area contributed by atoms with Crippen LogP contribution in [-0.2, 0) is 9.53 Å². The summed E-state index contributed by atoms with van der Waals surface area (Å²) in [6.07, 6.45) is 0. The minimum atomic E-state index is -0.387. The molecule has 1 aliphatic rings. The van der Waals surface area contributed by atoms with Gasteiger partial charge in [-0.25, -0.2) is 4.79 Å². The molecule has 1 fully saturated rings. The average Bonchev–Trinajstić information content (AvgIpc) is 2.94. The van der Waals surface area contributed by atoms with Crippen molar-refractivity contribution in [1.29, 1.82) is 0 Å². The number of rotatable bonds is 6. The summed E-state index contributed by atoms with van der Waals surface area (Å²) in [6, 6.07) is 0. The minimum Gasteiger partial charge on any atom is -0.463 e. The van der Waals surface area contributed by atoms with Crippen molar-refractivity contribution in [3.05, 3.63) is 0 Å². The topological polar surface area (TPSA) is 67.8 Å². The highest BCUT2D eigenvalue weighted by atomic mass is 32.1. The summed E-state index contributed by atoms with van der Waals surface area (Å²) in [4.78, 5) is 15.8. The minimum absolute atomic E-state index is 0.124. The van der Waals surface area contributed by atoms with E-state index in [0.29, 0.717) is 12.5 Å². The number of hydrogen-bond acceptors (Lipinski definition) is 8. The second-order valence-corrected chi connectivity index (χ2v) is 4.94. The lowest BCUT2D eigenvalue weighted by Crippen LogP contribution is -2.46. The van der Waals surface area contributed by atoms with Gasteiger partial charge in [-0.1, -0.05) is 6.92 Å². The molecule has 0 spiro atoms. The highest BCUT2D eigenvalue weighted by Crippen LogP contribution is 2.26. The van der Waals surface area contributed by atoms with E-state index in [2.05, 4.69) is 25.5 Å². The number of carbonyl (C=O) groups is 1. The van der Waals surface area contributed by atoms with Crippen molar-refractivity contribution in [2.24, 2.45) is 0 Å². The Labute approximate surface area is 122 Å². The summed E-state index contributed by atoms with van der Waals surface area (Å²) in [5.74, 6) is 0.769. The molecule has 1 aromatic heterocycles. The quantitative estimate of drug-likeness (QED) is 0.713. The molecule has 20 heavy (non-hydrogen) atoms. The van der Waals surface area contributed by atoms with E-state index >= 15 is 0 Å². The number of carbonyl (C=O) groups excluding carboxylic acids is 1. The van der Waals surface area contributed by atoms with Crippen LogP contribution in [0.5, 0.6) is 5.88 Å². The number of aromatic nitrogens is 2. The fourth-order valence-electron chi connectivity index (χ4n) is 2.07. The average molecular weight is 300 g/mol. The maximum Gasteiger partial charge on any atom is 0.344 e. The Balaban J connectivity index is 1.90. The Morgan fingerprint density at radius 1 is 1.25 bits per heavy atom. The van der Waals surface area contributed by atoms with E-state index in [9.17, 15) is 4.79 Å². The van der Waals surface area contributed by atoms with Gasteiger partial charge in [0.15, 0.2) is 6.61 Å². The van der Waals surface area contributed by atoms with E-state index in [1.54, 1.807) is 6.92 Å². The highest BCUT2D eigenvalue weighted by Gasteiger charge is 2.22. The van der Waals surface area contributed by atoms with Gasteiger partial charge in [0, 0.05) is 26.2 Å². The van der Waals surface area contributed by atoms with E-state index in [1.165, 1.54) is 0 Å². The van der Waals surface area contributed by atoms with E-state index in [-0.39, 0.29) is 12.6 Å². The predicted molar refractivity (Wildman–Crippen MR) is 76.4 cm³/mol. The lowest BCUT2D eigenvalue weighted by Gasteiger charge is -2.34. The molecule has 2 rings (SSSR count). The first-order valence-electron chi connectivity index (χ1n) is 6.82. The maximum atomic E-state index is 11.3. The van der Waals surface area contributed by atoms with Crippen LogP contribution in [0.15, 0.2) is 0 Å². The zero-order valence-corrected chi connectivity index (χ0v) is 12.7. The van der Waals surface area contributed by atoms with Crippen LogP contribution >= 0.6 is 11.7 Å². The molecule has 112 valence electrons. The third-order valence-corrected chi connectivity index (χ3v) is 3.70. The summed E-state index contributed by atoms with van der Waals surface area (Å²) >= 11 is 1.10. The molecule has 0 N–H and O–H groups in total. The van der Waals surface area contributed by atoms with Crippen molar-refractivity contribution in [3.63, 3.8) is 0 Å². The molecule has 0 aliphatic carbocycles. The molecule has 1 saturated heterocycles. The van der Waals surface area contributed by atoms with Gasteiger partial charge in [0.2, 0.25) is 5.82 Å². The molecule has 8 heteroatoms. The Hall–Kier alpha value is -1.41. The van der Waals surface area contributed by atoms with Crippen molar-refractivity contribution in [3.8, 4) is 5.88 Å². The van der Waals surface area contributed by atoms with Crippen molar-refractivity contribution < 1.29 is 14.3 Å². The summed E-state index contributed by atoms with van der Waals surface area (Å²) in [7, 11) is 0. The number of esters is 1. The molecule has 0 amide bonds. The van der Waals surface area contributed by atoms with E-state index in [4.69, 9.17) is 9.47 Å². The highest BCUT2D eigenvalue weighted by molar-refractivity contribution is 6.99. The monoisotopic (exact) mass is 300 g/mol. The fourth-order valence-corrected chi connectivity index (χ4v) is 2.59. The van der Waals surface area contributed by atoms with E-state index in [1.807, 2.05) is 0 Å². The van der Waals surface area contributed by atoms with Crippen LogP contribution in [0.1, 0.15) is 13.8 Å². The zero-order chi connectivity index (χ0) is 14.4. The third-order valence-electron chi connectivity index (χ3n) is 3.19. The van der Waals surface area contributed by atoms with Gasteiger partial charge in [-0.3, -0.25) is 0 Å². The third kappa shape index (κ3) is 3.80. The molecule has 0 bridgehead atoms. The van der Waals surface area contributed by atoms with Gasteiger partial charge >= 0.3 is 5.97 Å². The summed E-state index contributed by atoms with van der Waals surface area (Å²) in [5, 5.41) is 0. The normalized spacial score (nSPS) is 16.2. The first-order chi connectivity index (χ1) is 9.74. The first-order valence-corrected chi connectivity index (χ1v) is 7.55. The van der Waals surface area contributed by atoms with Crippen LogP contribution in [0.4, 0.5) is 5.82 Å². The maximum absolute atomic E-state index is 11.3. The van der Waals surface area contributed by atoms with Crippen molar-refractivity contribution >= 4 is 23.5 Å². The van der Waals surface area contributed by atoms with Crippen molar-refractivity contribution in [2.45, 2.75) is 13.8 Å². The molecule has 1 aliphatic heterocycles. The molecule has 2 heterocycles. The summed E-state index contributed by atoms with van der Waals surface area (Å²) in [6.45, 7) is 9.02. The van der Waals surface area contributed by atoms with Crippen molar-refractivity contribution in [2.75, 3.05) is 50.8 Å². The predicted octanol–water partition coefficient (Wildman–Crippen LogP) is 0.622. The van der Waals surface area contributed by atoms with Gasteiger partial charge in [-0.2, -0.15) is 4.37 Å². The van der Waals surface area contributed by atoms with E-state index < -0.39 is 0 Å². The second kappa shape index (κ2) is 7.39. The van der Waals surface area contributed by atoms with Gasteiger partial charge in [-0.15, -0.1) is 4.37 Å². The largest absolute Gasteiger partial charge is 0.463 e. The van der Waals surface area contributed by atoms with Crippen LogP contribution in [0, 0.1) is 0 Å². The number of ether oxygens (including phenoxy) is 2. The Morgan fingerprint density at radius 3 is 2.65 bits per heavy atom. The Bertz CT molecular complexity index is 432. The number of likely N-dealkylation sites (N-methyl/N-ethyl adjacent to an activating group) is 1. The van der Waals surface area contributed by atoms with Crippen LogP contribution in [0.25, 0.3) is 0 Å². The van der Waals surface area contributed by atoms with Crippen LogP contribution < -0.4 is 9.64 Å². The van der Waals surface area contributed by atoms with Crippen LogP contribution in [0.2, 0.25) is 0 Å². The summed E-state index contributed by atoms with van der Waals surface area (Å²) < 4.78 is 18.6. The molecule has 0 atom stereocenters. The van der Waals surface area contributed by atoms with Crippen molar-refractivity contribution in [1.82, 2.24) is 13.6 Å². The van der Waals surface area contributed by atoms with Gasteiger partial charge in [-0.05, 0) is 13.5 Å². The Morgan fingerprint density at radius 2 is 2.00 bits per heavy atom. The van der Waals surface area contributed by atoms with Gasteiger partial charge in [0.05, 0.1) is 18.3 Å². The van der Waals surface area contributed by atoms with Gasteiger partial charge in [0.1, 0.15) is 0 Å². The molecule has 7 nitrogen and oxygen atoms in total. The Kier molecular flexibility index (Phi) is 5.54. The smallest absolute Gasteiger partial charge is 0.344 e. The van der Waals surface area contributed by atoms with E-state index in [0.717, 1.165) is 50.3 Å². The standard InChI is InChI=1S/C12H20N4O3S/c1-3-15-5-7-16(8-6-15)11-12(14-20-13-11)19-9-10(17)18-4-2/h3-9H2,1-2H3. The SMILES string of the molecule is CCOC(=O)COc1nsnc1N1CCN(CC)CC1. The fraction of sp³-hybridized carbons (Fsp3) is 0.750. The second-order valence-electron chi connectivity index (χ2n) is 4.41. The molecule has 0 radical (unpaired) electrons. The lowest BCUT2D eigenvalue weighted by atomic mass is 10.3. The number of anilines is 1. The number of nitrogens with zero attached hydrogens (tertiary/aromatic N) is 4. The number of hydrogen-bond donors (Lipinski definition) is 0. The van der Waals surface area contributed by atoms with Crippen LogP contribution in [-0.4, -0.2) is 65.6 Å². The molecule has 0 saturated carbocycles. The molecule has 0 unspecified atom stereocenters. The molecular formula is C12H20N4O3S. The van der Waals surface area contributed by atoms with Gasteiger partial charge in [0.25, 0.3) is 5.88 Å². The first kappa shape index (κ1) is 15.0. The van der Waals surface area contributed by atoms with Gasteiger partial charge < -0.3 is 19.3 Å². The molecule has 1 aromatic rings. The summed E-state index contributed by atoms with van der Waals surface area (Å²) in [5.41, 5.74) is 0. The number of piperazine rings is 1. The van der Waals surface area contributed by atoms with Crippen LogP contribution in [0.3, 0.4) is 0 Å².